The van der Waals surface area contributed by atoms with Crippen LogP contribution in [0.4, 0.5) is 0 Å². The number of unbranched alkanes of at least 4 members (excludes halogenated alkanes) is 4. The second-order valence-electron chi connectivity index (χ2n) is 12.0. The minimum Gasteiger partial charge on any atom is -0.465 e. The van der Waals surface area contributed by atoms with Crippen LogP contribution in [-0.2, 0) is 19.1 Å². The largest absolute Gasteiger partial charge is 0.465 e. The Balaban J connectivity index is 1.52. The van der Waals surface area contributed by atoms with Crippen LogP contribution in [0, 0.1) is 23.7 Å². The number of aliphatic hydroxyl groups excluding tert-OH is 1. The van der Waals surface area contributed by atoms with Gasteiger partial charge < -0.3 is 19.5 Å². The van der Waals surface area contributed by atoms with Gasteiger partial charge in [0.1, 0.15) is 0 Å². The molecule has 2 rings (SSSR count). The molecule has 1 N–H and O–H groups in total. The van der Waals surface area contributed by atoms with Gasteiger partial charge in [-0.15, -0.1) is 0 Å². The van der Waals surface area contributed by atoms with Crippen molar-refractivity contribution in [2.24, 2.45) is 23.7 Å². The van der Waals surface area contributed by atoms with Crippen molar-refractivity contribution in [2.75, 3.05) is 39.5 Å². The van der Waals surface area contributed by atoms with Crippen molar-refractivity contribution in [1.29, 1.82) is 0 Å². The Hall–Kier alpha value is -1.14. The highest BCUT2D eigenvalue weighted by Gasteiger charge is 2.28. The zero-order chi connectivity index (χ0) is 27.4. The normalized spacial score (nSPS) is 23.9. The van der Waals surface area contributed by atoms with Gasteiger partial charge in [0.25, 0.3) is 0 Å². The third kappa shape index (κ3) is 13.8. The molecule has 0 amide bonds. The first kappa shape index (κ1) is 33.1. The molecule has 2 aliphatic carbocycles. The molecule has 6 heteroatoms. The summed E-state index contributed by atoms with van der Waals surface area (Å²) in [6.07, 6.45) is 20.6. The summed E-state index contributed by atoms with van der Waals surface area (Å²) in [4.78, 5) is 27.2. The van der Waals surface area contributed by atoms with Crippen LogP contribution in [0.2, 0.25) is 0 Å². The number of hydrogen-bond donors (Lipinski definition) is 1. The number of esters is 2. The van der Waals surface area contributed by atoms with Gasteiger partial charge in [0, 0.05) is 19.6 Å². The number of hydrogen-bond acceptors (Lipinski definition) is 6. The van der Waals surface area contributed by atoms with E-state index in [1.54, 1.807) is 0 Å². The van der Waals surface area contributed by atoms with Crippen molar-refractivity contribution in [3.05, 3.63) is 0 Å². The van der Waals surface area contributed by atoms with E-state index in [1.165, 1.54) is 77.0 Å². The van der Waals surface area contributed by atoms with Gasteiger partial charge in [-0.1, -0.05) is 65.2 Å². The molecule has 0 aliphatic heterocycles. The second-order valence-corrected chi connectivity index (χ2v) is 12.0. The lowest BCUT2D eigenvalue weighted by Crippen LogP contribution is -2.31. The van der Waals surface area contributed by atoms with Crippen LogP contribution in [0.1, 0.15) is 129 Å². The SMILES string of the molecule is CCCCCC1CCC(C(=O)OCCCN(CCO)CCCOC(=O)C2CCC(CCCCC)CC2)CC1. The maximum Gasteiger partial charge on any atom is 0.308 e. The smallest absolute Gasteiger partial charge is 0.308 e. The quantitative estimate of drug-likeness (QED) is 0.134. The first-order valence-electron chi connectivity index (χ1n) is 16.2. The highest BCUT2D eigenvalue weighted by atomic mass is 16.5. The van der Waals surface area contributed by atoms with Crippen LogP contribution in [0.15, 0.2) is 0 Å². The molecule has 2 aliphatic rings. The molecule has 0 aromatic rings. The lowest BCUT2D eigenvalue weighted by molar-refractivity contribution is -0.150. The number of nitrogens with zero attached hydrogens (tertiary/aromatic N) is 1. The Morgan fingerprint density at radius 2 is 1.05 bits per heavy atom. The van der Waals surface area contributed by atoms with E-state index in [0.29, 0.717) is 19.8 Å². The van der Waals surface area contributed by atoms with Gasteiger partial charge in [-0.05, 0) is 76.0 Å². The van der Waals surface area contributed by atoms with E-state index < -0.39 is 0 Å². The predicted molar refractivity (Wildman–Crippen MR) is 154 cm³/mol. The molecule has 222 valence electrons. The van der Waals surface area contributed by atoms with Crippen LogP contribution in [0.5, 0.6) is 0 Å². The maximum atomic E-state index is 12.5. The number of carbonyl (C=O) groups is 2. The van der Waals surface area contributed by atoms with Crippen LogP contribution in [0.3, 0.4) is 0 Å². The Labute approximate surface area is 233 Å². The first-order valence-corrected chi connectivity index (χ1v) is 16.2. The maximum absolute atomic E-state index is 12.5. The highest BCUT2D eigenvalue weighted by molar-refractivity contribution is 5.72. The standard InChI is InChI=1S/C32H59NO5/c1-3-5-7-11-27-13-17-29(18-14-27)31(35)37-25-9-21-33(23-24-34)22-10-26-38-32(36)30-19-15-28(16-20-30)12-8-6-4-2/h27-30,34H,3-26H2,1-2H3. The fourth-order valence-electron chi connectivity index (χ4n) is 6.37. The minimum atomic E-state index is -0.0207. The van der Waals surface area contributed by atoms with E-state index >= 15 is 0 Å². The average molecular weight is 538 g/mol. The molecule has 0 bridgehead atoms. The summed E-state index contributed by atoms with van der Waals surface area (Å²) in [5.74, 6) is 1.72. The Bertz CT molecular complexity index is 561. The van der Waals surface area contributed by atoms with Gasteiger partial charge in [0.2, 0.25) is 0 Å². The molecule has 0 saturated heterocycles. The molecular formula is C32H59NO5. The van der Waals surface area contributed by atoms with Gasteiger partial charge in [-0.3, -0.25) is 9.59 Å². The van der Waals surface area contributed by atoms with E-state index in [1.807, 2.05) is 0 Å². The topological polar surface area (TPSA) is 76.1 Å². The van der Waals surface area contributed by atoms with Gasteiger partial charge in [0.05, 0.1) is 31.7 Å². The molecule has 38 heavy (non-hydrogen) atoms. The Kier molecular flexibility index (Phi) is 18.0. The summed E-state index contributed by atoms with van der Waals surface area (Å²) in [5, 5.41) is 9.43. The zero-order valence-electron chi connectivity index (χ0n) is 24.8. The number of carbonyl (C=O) groups excluding carboxylic acids is 2. The third-order valence-corrected chi connectivity index (χ3v) is 8.93. The number of rotatable bonds is 20. The molecule has 2 fully saturated rings. The molecular weight excluding hydrogens is 478 g/mol. The van der Waals surface area contributed by atoms with Gasteiger partial charge in [-0.2, -0.15) is 0 Å². The van der Waals surface area contributed by atoms with Gasteiger partial charge in [-0.25, -0.2) is 0 Å². The van der Waals surface area contributed by atoms with E-state index in [0.717, 1.165) is 63.5 Å². The monoisotopic (exact) mass is 537 g/mol. The van der Waals surface area contributed by atoms with E-state index in [-0.39, 0.29) is 30.4 Å². The van der Waals surface area contributed by atoms with Crippen molar-refractivity contribution in [3.63, 3.8) is 0 Å². The van der Waals surface area contributed by atoms with Crippen LogP contribution in [-0.4, -0.2) is 61.4 Å². The molecule has 0 aromatic carbocycles. The molecule has 2 saturated carbocycles. The fraction of sp³-hybridized carbons (Fsp3) is 0.938. The zero-order valence-corrected chi connectivity index (χ0v) is 24.8. The van der Waals surface area contributed by atoms with Crippen molar-refractivity contribution in [1.82, 2.24) is 4.90 Å². The van der Waals surface area contributed by atoms with Gasteiger partial charge in [0.15, 0.2) is 0 Å². The molecule has 6 nitrogen and oxygen atoms in total. The van der Waals surface area contributed by atoms with Crippen molar-refractivity contribution >= 4 is 11.9 Å². The van der Waals surface area contributed by atoms with E-state index in [2.05, 4.69) is 18.7 Å². The first-order chi connectivity index (χ1) is 18.6. The van der Waals surface area contributed by atoms with Crippen molar-refractivity contribution < 1.29 is 24.2 Å². The molecule has 0 radical (unpaired) electrons. The summed E-state index contributed by atoms with van der Waals surface area (Å²) >= 11 is 0. The summed E-state index contributed by atoms with van der Waals surface area (Å²) in [6.45, 7) is 7.60. The van der Waals surface area contributed by atoms with E-state index in [4.69, 9.17) is 9.47 Å². The highest BCUT2D eigenvalue weighted by Crippen LogP contribution is 2.33. The predicted octanol–water partition coefficient (Wildman–Crippen LogP) is 6.92. The number of ether oxygens (including phenoxy) is 2. The third-order valence-electron chi connectivity index (χ3n) is 8.93. The van der Waals surface area contributed by atoms with Crippen LogP contribution < -0.4 is 0 Å². The summed E-state index contributed by atoms with van der Waals surface area (Å²) in [6, 6.07) is 0. The second kappa shape index (κ2) is 20.7. The van der Waals surface area contributed by atoms with Crippen molar-refractivity contribution in [2.45, 2.75) is 129 Å². The van der Waals surface area contributed by atoms with E-state index in [9.17, 15) is 14.7 Å². The van der Waals surface area contributed by atoms with Crippen molar-refractivity contribution in [3.8, 4) is 0 Å². The molecule has 0 atom stereocenters. The van der Waals surface area contributed by atoms with Crippen LogP contribution >= 0.6 is 0 Å². The van der Waals surface area contributed by atoms with Crippen LogP contribution in [0.25, 0.3) is 0 Å². The summed E-state index contributed by atoms with van der Waals surface area (Å²) in [7, 11) is 0. The lowest BCUT2D eigenvalue weighted by atomic mass is 9.80. The Morgan fingerprint density at radius 1 is 0.632 bits per heavy atom. The van der Waals surface area contributed by atoms with Gasteiger partial charge >= 0.3 is 11.9 Å². The fourth-order valence-corrected chi connectivity index (χ4v) is 6.37. The summed E-state index contributed by atoms with van der Waals surface area (Å²) in [5.41, 5.74) is 0. The summed E-state index contributed by atoms with van der Waals surface area (Å²) < 4.78 is 11.2. The molecule has 0 heterocycles. The number of aliphatic hydroxyl groups is 1. The average Bonchev–Trinajstić information content (AvgIpc) is 2.94. The molecule has 0 unspecified atom stereocenters. The molecule has 0 spiro atoms. The minimum absolute atomic E-state index is 0.0207. The lowest BCUT2D eigenvalue weighted by Gasteiger charge is -2.27. The molecule has 0 aromatic heterocycles. The Morgan fingerprint density at radius 3 is 1.42 bits per heavy atom.